The van der Waals surface area contributed by atoms with Crippen molar-refractivity contribution in [2.24, 2.45) is 11.0 Å². The van der Waals surface area contributed by atoms with Gasteiger partial charge in [-0.3, -0.25) is 0 Å². The summed E-state index contributed by atoms with van der Waals surface area (Å²) >= 11 is 14.5. The molecule has 2 atom stereocenters. The molecule has 0 spiro atoms. The number of thiazole rings is 1. The number of hydrogen-bond donors (Lipinski definition) is 0. The second-order valence-electron chi connectivity index (χ2n) is 8.62. The van der Waals surface area contributed by atoms with Crippen molar-refractivity contribution in [3.63, 3.8) is 0 Å². The topological polar surface area (TPSA) is 54.8 Å². The van der Waals surface area contributed by atoms with Crippen molar-refractivity contribution < 1.29 is 9.53 Å². The van der Waals surface area contributed by atoms with Gasteiger partial charge in [0.2, 0.25) is 5.13 Å². The van der Waals surface area contributed by atoms with Gasteiger partial charge in [-0.15, -0.1) is 0 Å². The number of nitrogens with zero attached hydrogens (tertiary/aromatic N) is 3. The molecule has 35 heavy (non-hydrogen) atoms. The van der Waals surface area contributed by atoms with Gasteiger partial charge in [0.05, 0.1) is 24.1 Å². The molecule has 3 aromatic rings. The minimum absolute atomic E-state index is 0.116. The Bertz CT molecular complexity index is 1330. The molecule has 2 aromatic carbocycles. The maximum Gasteiger partial charge on any atom is 0.350 e. The van der Waals surface area contributed by atoms with Gasteiger partial charge in [0.25, 0.3) is 0 Å². The third-order valence-electron chi connectivity index (χ3n) is 6.40. The number of anilines is 1. The summed E-state index contributed by atoms with van der Waals surface area (Å²) in [5.41, 5.74) is 4.83. The first-order valence-electron chi connectivity index (χ1n) is 11.7. The molecule has 1 saturated carbocycles. The first-order valence-corrected chi connectivity index (χ1v) is 13.3. The highest BCUT2D eigenvalue weighted by molar-refractivity contribution is 7.17. The van der Waals surface area contributed by atoms with Crippen LogP contribution in [0.15, 0.2) is 59.2 Å². The molecule has 1 aliphatic carbocycles. The van der Waals surface area contributed by atoms with Crippen LogP contribution in [0.1, 0.15) is 58.7 Å². The monoisotopic (exact) mass is 525 g/mol. The summed E-state index contributed by atoms with van der Waals surface area (Å²) in [7, 11) is 0. The molecule has 2 aliphatic rings. The molecule has 0 unspecified atom stereocenters. The van der Waals surface area contributed by atoms with Gasteiger partial charge in [0.15, 0.2) is 0 Å². The Labute approximate surface area is 219 Å². The summed E-state index contributed by atoms with van der Waals surface area (Å²) in [4.78, 5) is 17.7. The van der Waals surface area contributed by atoms with Gasteiger partial charge in [-0.1, -0.05) is 70.9 Å². The first kappa shape index (κ1) is 24.0. The van der Waals surface area contributed by atoms with E-state index in [1.54, 1.807) is 6.92 Å². The summed E-state index contributed by atoms with van der Waals surface area (Å²) in [6.07, 6.45) is 5.10. The zero-order valence-electron chi connectivity index (χ0n) is 19.5. The highest BCUT2D eigenvalue weighted by Crippen LogP contribution is 2.48. The number of carbonyl (C=O) groups excluding carboxylic acids is 1. The first-order chi connectivity index (χ1) is 17.0. The lowest BCUT2D eigenvalue weighted by atomic mass is 9.77. The Morgan fingerprint density at radius 2 is 1.91 bits per heavy atom. The van der Waals surface area contributed by atoms with Crippen LogP contribution < -0.4 is 5.01 Å². The molecular formula is C27H25Cl2N3O2S. The summed E-state index contributed by atoms with van der Waals surface area (Å²) < 4.78 is 5.24. The minimum atomic E-state index is -0.355. The van der Waals surface area contributed by atoms with Gasteiger partial charge < -0.3 is 4.74 Å². The number of rotatable bonds is 5. The zero-order chi connectivity index (χ0) is 24.5. The maximum atomic E-state index is 12.5. The van der Waals surface area contributed by atoms with E-state index in [-0.39, 0.29) is 17.9 Å². The van der Waals surface area contributed by atoms with E-state index in [1.807, 2.05) is 54.4 Å². The Morgan fingerprint density at radius 3 is 2.66 bits per heavy atom. The lowest BCUT2D eigenvalue weighted by Gasteiger charge is -2.30. The lowest BCUT2D eigenvalue weighted by Crippen LogP contribution is -2.28. The van der Waals surface area contributed by atoms with E-state index in [9.17, 15) is 4.79 Å². The fourth-order valence-corrected chi connectivity index (χ4v) is 6.21. The van der Waals surface area contributed by atoms with Crippen LogP contribution in [-0.2, 0) is 4.74 Å². The minimum Gasteiger partial charge on any atom is -0.462 e. The van der Waals surface area contributed by atoms with Gasteiger partial charge in [0, 0.05) is 16.0 Å². The number of hydrogen-bond acceptors (Lipinski definition) is 6. The number of benzene rings is 2. The van der Waals surface area contributed by atoms with Gasteiger partial charge in [-0.25, -0.2) is 14.8 Å². The quantitative estimate of drug-likeness (QED) is 0.319. The van der Waals surface area contributed by atoms with Crippen LogP contribution in [0, 0.1) is 12.8 Å². The van der Waals surface area contributed by atoms with Gasteiger partial charge in [0.1, 0.15) is 4.88 Å². The normalized spacial score (nSPS) is 20.6. The number of esters is 1. The molecule has 2 heterocycles. The lowest BCUT2D eigenvalue weighted by molar-refractivity contribution is 0.0531. The van der Waals surface area contributed by atoms with Crippen molar-refractivity contribution in [3.8, 4) is 0 Å². The Morgan fingerprint density at radius 1 is 1.17 bits per heavy atom. The fraction of sp³-hybridized carbons (Fsp3) is 0.296. The van der Waals surface area contributed by atoms with Crippen molar-refractivity contribution in [1.29, 1.82) is 0 Å². The highest BCUT2D eigenvalue weighted by Gasteiger charge is 2.44. The fourth-order valence-electron chi connectivity index (χ4n) is 4.83. The van der Waals surface area contributed by atoms with E-state index in [0.29, 0.717) is 27.3 Å². The Hall–Kier alpha value is -2.67. The summed E-state index contributed by atoms with van der Waals surface area (Å²) in [6.45, 7) is 3.94. The van der Waals surface area contributed by atoms with E-state index in [4.69, 9.17) is 38.0 Å². The number of carbonyl (C=O) groups is 1. The molecule has 1 aliphatic heterocycles. The molecule has 0 N–H and O–H groups in total. The number of fused-ring (bicyclic) bond motifs is 1. The van der Waals surface area contributed by atoms with Crippen molar-refractivity contribution in [1.82, 2.24) is 4.98 Å². The van der Waals surface area contributed by atoms with Crippen molar-refractivity contribution in [3.05, 3.63) is 85.8 Å². The van der Waals surface area contributed by atoms with E-state index < -0.39 is 0 Å². The second-order valence-corrected chi connectivity index (χ2v) is 10.4. The molecule has 0 amide bonds. The van der Waals surface area contributed by atoms with Crippen LogP contribution in [0.3, 0.4) is 0 Å². The smallest absolute Gasteiger partial charge is 0.350 e. The molecule has 5 nitrogen and oxygen atoms in total. The largest absolute Gasteiger partial charge is 0.462 e. The van der Waals surface area contributed by atoms with Crippen molar-refractivity contribution >= 4 is 57.4 Å². The number of hydrazone groups is 1. The van der Waals surface area contributed by atoms with Crippen LogP contribution in [0.25, 0.3) is 6.08 Å². The number of aryl methyl sites for hydroxylation is 1. The summed E-state index contributed by atoms with van der Waals surface area (Å²) in [6, 6.07) is 15.6. The van der Waals surface area contributed by atoms with Gasteiger partial charge in [-0.2, -0.15) is 5.10 Å². The third-order valence-corrected chi connectivity index (χ3v) is 8.22. The Balaban J connectivity index is 1.62. The molecule has 5 rings (SSSR count). The van der Waals surface area contributed by atoms with Crippen LogP contribution in [-0.4, -0.2) is 23.3 Å². The Kier molecular flexibility index (Phi) is 6.96. The average molecular weight is 526 g/mol. The molecule has 1 aromatic heterocycles. The number of ether oxygens (including phenoxy) is 1. The standard InChI is InChI=1S/C27H25Cl2N3O2S/c1-3-34-26(33)25-16(2)30-27(35-25)32-24(19-11-5-7-14-22(19)29)20-12-8-10-18(23(20)31-32)15-17-9-4-6-13-21(17)28/h4-7,9,11,13-15,20,24H,3,8,10,12H2,1-2H3/b18-15-/t20-,24+/m1/s1. The molecule has 0 bridgehead atoms. The van der Waals surface area contributed by atoms with Crippen molar-refractivity contribution in [2.45, 2.75) is 39.2 Å². The highest BCUT2D eigenvalue weighted by atomic mass is 35.5. The van der Waals surface area contributed by atoms with E-state index in [1.165, 1.54) is 16.9 Å². The number of aromatic nitrogens is 1. The van der Waals surface area contributed by atoms with E-state index in [2.05, 4.69) is 12.1 Å². The van der Waals surface area contributed by atoms with Gasteiger partial charge >= 0.3 is 5.97 Å². The molecule has 8 heteroatoms. The number of allylic oxidation sites excluding steroid dienone is 1. The van der Waals surface area contributed by atoms with Crippen LogP contribution in [0.5, 0.6) is 0 Å². The van der Waals surface area contributed by atoms with Crippen LogP contribution in [0.2, 0.25) is 10.0 Å². The zero-order valence-corrected chi connectivity index (χ0v) is 21.8. The molecule has 0 saturated heterocycles. The molecule has 180 valence electrons. The van der Waals surface area contributed by atoms with E-state index in [0.717, 1.165) is 41.1 Å². The molecular weight excluding hydrogens is 501 g/mol. The van der Waals surface area contributed by atoms with Crippen molar-refractivity contribution in [2.75, 3.05) is 11.6 Å². The SMILES string of the molecule is CCOC(=O)c1sc(N2N=C3/C(=C\c4ccccc4Cl)CCC[C@H]3[C@@H]2c2ccccc2Cl)nc1C. The average Bonchev–Trinajstić information content (AvgIpc) is 3.42. The predicted octanol–water partition coefficient (Wildman–Crippen LogP) is 7.74. The third kappa shape index (κ3) is 4.63. The van der Waals surface area contributed by atoms with E-state index >= 15 is 0 Å². The summed E-state index contributed by atoms with van der Waals surface area (Å²) in [5.74, 6) is -0.209. The maximum absolute atomic E-state index is 12.5. The van der Waals surface area contributed by atoms with Crippen LogP contribution >= 0.6 is 34.5 Å². The van der Waals surface area contributed by atoms with Crippen LogP contribution in [0.4, 0.5) is 5.13 Å². The van der Waals surface area contributed by atoms with Gasteiger partial charge in [-0.05, 0) is 68.0 Å². The predicted molar refractivity (Wildman–Crippen MR) is 144 cm³/mol. The molecule has 1 fully saturated rings. The number of halogens is 2. The summed E-state index contributed by atoms with van der Waals surface area (Å²) in [5, 5.41) is 9.15. The molecule has 0 radical (unpaired) electrons. The second kappa shape index (κ2) is 10.1.